The molecule has 1 fully saturated rings. The topological polar surface area (TPSA) is 53.0 Å². The second-order valence-corrected chi connectivity index (χ2v) is 4.80. The SMILES string of the molecule is CC1(N)CCN(c2ccc(C#N)cc2)CC1. The molecular weight excluding hydrogens is 198 g/mol. The summed E-state index contributed by atoms with van der Waals surface area (Å²) in [6, 6.07) is 9.89. The van der Waals surface area contributed by atoms with Crippen LogP contribution in [0.1, 0.15) is 25.3 Å². The molecule has 0 aliphatic carbocycles. The molecule has 0 bridgehead atoms. The Morgan fingerprint density at radius 2 is 1.81 bits per heavy atom. The predicted octanol–water partition coefficient (Wildman–Crippen LogP) is 1.88. The Morgan fingerprint density at radius 1 is 1.25 bits per heavy atom. The van der Waals surface area contributed by atoms with Gasteiger partial charge in [-0.05, 0) is 44.0 Å². The molecule has 1 aromatic carbocycles. The van der Waals surface area contributed by atoms with Crippen molar-refractivity contribution in [1.82, 2.24) is 0 Å². The van der Waals surface area contributed by atoms with E-state index in [4.69, 9.17) is 11.0 Å². The molecule has 0 amide bonds. The maximum Gasteiger partial charge on any atom is 0.0991 e. The monoisotopic (exact) mass is 215 g/mol. The van der Waals surface area contributed by atoms with Gasteiger partial charge in [0.1, 0.15) is 0 Å². The van der Waals surface area contributed by atoms with Gasteiger partial charge in [0.05, 0.1) is 11.6 Å². The molecule has 3 heteroatoms. The van der Waals surface area contributed by atoms with Gasteiger partial charge in [-0.2, -0.15) is 5.26 Å². The normalized spacial score (nSPS) is 19.2. The predicted molar refractivity (Wildman–Crippen MR) is 65.2 cm³/mol. The van der Waals surface area contributed by atoms with Crippen LogP contribution in [0.4, 0.5) is 5.69 Å². The number of nitrogens with zero attached hydrogens (tertiary/aromatic N) is 2. The Hall–Kier alpha value is -1.53. The summed E-state index contributed by atoms with van der Waals surface area (Å²) in [6.45, 7) is 4.11. The summed E-state index contributed by atoms with van der Waals surface area (Å²) in [5.41, 5.74) is 7.98. The van der Waals surface area contributed by atoms with E-state index in [1.54, 1.807) is 0 Å². The van der Waals surface area contributed by atoms with Crippen molar-refractivity contribution in [3.05, 3.63) is 29.8 Å². The molecule has 2 N–H and O–H groups in total. The molecular formula is C13H17N3. The quantitative estimate of drug-likeness (QED) is 0.778. The van der Waals surface area contributed by atoms with Crippen molar-refractivity contribution in [2.24, 2.45) is 5.73 Å². The molecule has 2 rings (SSSR count). The van der Waals surface area contributed by atoms with Crippen LogP contribution in [-0.2, 0) is 0 Å². The van der Waals surface area contributed by atoms with E-state index < -0.39 is 0 Å². The van der Waals surface area contributed by atoms with Gasteiger partial charge in [0.25, 0.3) is 0 Å². The summed E-state index contributed by atoms with van der Waals surface area (Å²) >= 11 is 0. The highest BCUT2D eigenvalue weighted by atomic mass is 15.1. The number of rotatable bonds is 1. The van der Waals surface area contributed by atoms with Crippen LogP contribution >= 0.6 is 0 Å². The highest BCUT2D eigenvalue weighted by Crippen LogP contribution is 2.24. The van der Waals surface area contributed by atoms with Gasteiger partial charge in [-0.3, -0.25) is 0 Å². The van der Waals surface area contributed by atoms with Gasteiger partial charge < -0.3 is 10.6 Å². The summed E-state index contributed by atoms with van der Waals surface area (Å²) in [7, 11) is 0. The average Bonchev–Trinajstić information content (AvgIpc) is 2.29. The zero-order chi connectivity index (χ0) is 11.6. The van der Waals surface area contributed by atoms with Crippen LogP contribution < -0.4 is 10.6 Å². The first-order chi connectivity index (χ1) is 7.61. The Bertz CT molecular complexity index is 390. The van der Waals surface area contributed by atoms with Crippen molar-refractivity contribution >= 4 is 5.69 Å². The Kier molecular flexibility index (Phi) is 2.84. The Morgan fingerprint density at radius 3 is 2.31 bits per heavy atom. The molecule has 1 aliphatic heterocycles. The number of hydrogen-bond acceptors (Lipinski definition) is 3. The second kappa shape index (κ2) is 4.15. The third-order valence-corrected chi connectivity index (χ3v) is 3.27. The van der Waals surface area contributed by atoms with Crippen LogP contribution in [0.25, 0.3) is 0 Å². The molecule has 1 heterocycles. The number of hydrogen-bond donors (Lipinski definition) is 1. The molecule has 0 aromatic heterocycles. The lowest BCUT2D eigenvalue weighted by Crippen LogP contribution is -2.48. The fourth-order valence-corrected chi connectivity index (χ4v) is 2.02. The first kappa shape index (κ1) is 11.0. The van der Waals surface area contributed by atoms with Crippen LogP contribution in [-0.4, -0.2) is 18.6 Å². The smallest absolute Gasteiger partial charge is 0.0991 e. The number of nitriles is 1. The van der Waals surface area contributed by atoms with Crippen LogP contribution in [0, 0.1) is 11.3 Å². The van der Waals surface area contributed by atoms with E-state index >= 15 is 0 Å². The minimum atomic E-state index is -0.0108. The van der Waals surface area contributed by atoms with Crippen LogP contribution in [0.5, 0.6) is 0 Å². The molecule has 0 saturated carbocycles. The second-order valence-electron chi connectivity index (χ2n) is 4.80. The Labute approximate surface area is 96.5 Å². The van der Waals surface area contributed by atoms with Crippen LogP contribution in [0.15, 0.2) is 24.3 Å². The molecule has 0 radical (unpaired) electrons. The minimum Gasteiger partial charge on any atom is -0.371 e. The maximum absolute atomic E-state index is 8.73. The summed E-state index contributed by atoms with van der Waals surface area (Å²) in [4.78, 5) is 2.33. The highest BCUT2D eigenvalue weighted by Gasteiger charge is 2.25. The fourth-order valence-electron chi connectivity index (χ4n) is 2.02. The third-order valence-electron chi connectivity index (χ3n) is 3.27. The van der Waals surface area contributed by atoms with Gasteiger partial charge in [0, 0.05) is 24.3 Å². The van der Waals surface area contributed by atoms with Crippen LogP contribution in [0.3, 0.4) is 0 Å². The molecule has 0 unspecified atom stereocenters. The molecule has 1 saturated heterocycles. The largest absolute Gasteiger partial charge is 0.371 e. The first-order valence-corrected chi connectivity index (χ1v) is 5.65. The summed E-state index contributed by atoms with van der Waals surface area (Å²) in [6.07, 6.45) is 2.04. The molecule has 84 valence electrons. The third kappa shape index (κ3) is 2.34. The van der Waals surface area contributed by atoms with Crippen molar-refractivity contribution in [3.63, 3.8) is 0 Å². The van der Waals surface area contributed by atoms with Gasteiger partial charge in [-0.15, -0.1) is 0 Å². The van der Waals surface area contributed by atoms with Crippen molar-refractivity contribution in [1.29, 1.82) is 5.26 Å². The average molecular weight is 215 g/mol. The molecule has 16 heavy (non-hydrogen) atoms. The van der Waals surface area contributed by atoms with E-state index in [2.05, 4.69) is 17.9 Å². The number of nitrogens with two attached hydrogens (primary N) is 1. The summed E-state index contributed by atoms with van der Waals surface area (Å²) in [5, 5.41) is 8.73. The van der Waals surface area contributed by atoms with E-state index in [0.29, 0.717) is 5.56 Å². The van der Waals surface area contributed by atoms with Crippen molar-refractivity contribution in [3.8, 4) is 6.07 Å². The van der Waals surface area contributed by atoms with E-state index in [0.717, 1.165) is 25.9 Å². The van der Waals surface area contributed by atoms with Gasteiger partial charge in [-0.1, -0.05) is 0 Å². The lowest BCUT2D eigenvalue weighted by Gasteiger charge is -2.38. The van der Waals surface area contributed by atoms with Crippen molar-refractivity contribution < 1.29 is 0 Å². The summed E-state index contributed by atoms with van der Waals surface area (Å²) in [5.74, 6) is 0. The lowest BCUT2D eigenvalue weighted by molar-refractivity contribution is 0.364. The maximum atomic E-state index is 8.73. The van der Waals surface area contributed by atoms with E-state index in [9.17, 15) is 0 Å². The highest BCUT2D eigenvalue weighted by molar-refractivity contribution is 5.50. The van der Waals surface area contributed by atoms with Gasteiger partial charge in [0.2, 0.25) is 0 Å². The van der Waals surface area contributed by atoms with Gasteiger partial charge in [0.15, 0.2) is 0 Å². The molecule has 1 aliphatic rings. The van der Waals surface area contributed by atoms with E-state index in [1.807, 2.05) is 24.3 Å². The number of anilines is 1. The zero-order valence-electron chi connectivity index (χ0n) is 9.61. The van der Waals surface area contributed by atoms with E-state index in [-0.39, 0.29) is 5.54 Å². The number of benzene rings is 1. The molecule has 1 aromatic rings. The zero-order valence-corrected chi connectivity index (χ0v) is 9.61. The van der Waals surface area contributed by atoms with E-state index in [1.165, 1.54) is 5.69 Å². The number of piperidine rings is 1. The Balaban J connectivity index is 2.06. The minimum absolute atomic E-state index is 0.0108. The molecule has 0 spiro atoms. The molecule has 3 nitrogen and oxygen atoms in total. The fraction of sp³-hybridized carbons (Fsp3) is 0.462. The lowest BCUT2D eigenvalue weighted by atomic mass is 9.91. The first-order valence-electron chi connectivity index (χ1n) is 5.65. The standard InChI is InChI=1S/C13H17N3/c1-13(15)6-8-16(9-7-13)12-4-2-11(10-14)3-5-12/h2-5H,6-9,15H2,1H3. The van der Waals surface area contributed by atoms with Crippen molar-refractivity contribution in [2.45, 2.75) is 25.3 Å². The van der Waals surface area contributed by atoms with Crippen molar-refractivity contribution in [2.75, 3.05) is 18.0 Å². The van der Waals surface area contributed by atoms with Gasteiger partial charge in [-0.25, -0.2) is 0 Å². The summed E-state index contributed by atoms with van der Waals surface area (Å²) < 4.78 is 0. The molecule has 0 atom stereocenters. The van der Waals surface area contributed by atoms with Crippen LogP contribution in [0.2, 0.25) is 0 Å². The van der Waals surface area contributed by atoms with Gasteiger partial charge >= 0.3 is 0 Å².